The molecule has 0 saturated carbocycles. The van der Waals surface area contributed by atoms with Gasteiger partial charge in [0.15, 0.2) is 5.13 Å². The van der Waals surface area contributed by atoms with Crippen molar-refractivity contribution in [2.75, 3.05) is 4.90 Å². The van der Waals surface area contributed by atoms with Gasteiger partial charge in [0.05, 0.1) is 22.9 Å². The normalized spacial score (nSPS) is 11.0. The Labute approximate surface area is 199 Å². The van der Waals surface area contributed by atoms with E-state index in [1.165, 1.54) is 30.0 Å². The van der Waals surface area contributed by atoms with Gasteiger partial charge < -0.3 is 0 Å². The van der Waals surface area contributed by atoms with Gasteiger partial charge in [0.1, 0.15) is 0 Å². The zero-order valence-corrected chi connectivity index (χ0v) is 20.2. The van der Waals surface area contributed by atoms with Crippen molar-refractivity contribution < 1.29 is 4.79 Å². The number of halogens is 1. The minimum absolute atomic E-state index is 0.140. The number of rotatable bonds is 7. The Bertz CT molecular complexity index is 1220. The lowest BCUT2D eigenvalue weighted by atomic mass is 10.1. The Morgan fingerprint density at radius 2 is 2.00 bits per heavy atom. The van der Waals surface area contributed by atoms with Crippen LogP contribution in [0.5, 0.6) is 0 Å². The van der Waals surface area contributed by atoms with Gasteiger partial charge in [-0.3, -0.25) is 9.69 Å². The fourth-order valence-corrected chi connectivity index (χ4v) is 5.49. The van der Waals surface area contributed by atoms with E-state index in [1.54, 1.807) is 9.58 Å². The van der Waals surface area contributed by atoms with Gasteiger partial charge in [-0.15, -0.1) is 16.4 Å². The van der Waals surface area contributed by atoms with E-state index < -0.39 is 0 Å². The predicted molar refractivity (Wildman–Crippen MR) is 129 cm³/mol. The van der Waals surface area contributed by atoms with E-state index in [-0.39, 0.29) is 5.91 Å². The summed E-state index contributed by atoms with van der Waals surface area (Å²) in [6, 6.07) is 13.9. The molecule has 32 heavy (non-hydrogen) atoms. The molecular formula is C22H21ClN6OS2. The first kappa shape index (κ1) is 22.4. The Balaban J connectivity index is 1.51. The molecule has 4 rings (SSSR count). The highest BCUT2D eigenvalue weighted by molar-refractivity contribution is 7.98. The lowest BCUT2D eigenvalue weighted by Crippen LogP contribution is -2.24. The molecule has 10 heteroatoms. The molecule has 0 N–H and O–H groups in total. The van der Waals surface area contributed by atoms with Gasteiger partial charge in [-0.2, -0.15) is 0 Å². The van der Waals surface area contributed by atoms with E-state index in [9.17, 15) is 4.79 Å². The van der Waals surface area contributed by atoms with E-state index in [4.69, 9.17) is 16.6 Å². The van der Waals surface area contributed by atoms with Gasteiger partial charge in [-0.25, -0.2) is 9.67 Å². The minimum Gasteiger partial charge on any atom is -0.274 e. The fourth-order valence-electron chi connectivity index (χ4n) is 3.34. The molecule has 0 aliphatic rings. The minimum atomic E-state index is -0.140. The number of thioether (sulfide) groups is 1. The van der Waals surface area contributed by atoms with Crippen molar-refractivity contribution in [3.8, 4) is 0 Å². The van der Waals surface area contributed by atoms with Crippen LogP contribution in [0.15, 0.2) is 53.0 Å². The summed E-state index contributed by atoms with van der Waals surface area (Å²) < 4.78 is 1.77. The van der Waals surface area contributed by atoms with Crippen molar-refractivity contribution in [1.29, 1.82) is 0 Å². The van der Waals surface area contributed by atoms with Crippen molar-refractivity contribution in [1.82, 2.24) is 25.2 Å². The van der Waals surface area contributed by atoms with Crippen LogP contribution in [0.25, 0.3) is 0 Å². The number of benzene rings is 2. The molecule has 0 fully saturated rings. The number of carbonyl (C=O) groups is 1. The zero-order chi connectivity index (χ0) is 22.7. The highest BCUT2D eigenvalue weighted by atomic mass is 35.5. The third-order valence-electron chi connectivity index (χ3n) is 4.69. The second-order valence-corrected chi connectivity index (χ2v) is 9.47. The van der Waals surface area contributed by atoms with Crippen molar-refractivity contribution in [2.24, 2.45) is 0 Å². The van der Waals surface area contributed by atoms with Crippen LogP contribution in [-0.2, 0) is 17.1 Å². The van der Waals surface area contributed by atoms with Crippen LogP contribution in [0.3, 0.4) is 0 Å². The molecule has 7 nitrogen and oxygen atoms in total. The molecule has 0 radical (unpaired) electrons. The van der Waals surface area contributed by atoms with Crippen LogP contribution in [-0.4, -0.2) is 31.1 Å². The summed E-state index contributed by atoms with van der Waals surface area (Å²) in [6.45, 7) is 6.04. The molecule has 1 amide bonds. The van der Waals surface area contributed by atoms with E-state index >= 15 is 0 Å². The van der Waals surface area contributed by atoms with Gasteiger partial charge >= 0.3 is 0 Å². The number of anilines is 2. The SMILES string of the molecule is CC(=O)N(c1nc(CSc2nnnn2Cc2ccccc2)cs1)c1c(C)cc(C)cc1Cl. The molecular weight excluding hydrogens is 464 g/mol. The molecule has 0 bridgehead atoms. The third kappa shape index (κ3) is 5.01. The molecule has 0 atom stereocenters. The maximum absolute atomic E-state index is 12.5. The van der Waals surface area contributed by atoms with Crippen LogP contribution < -0.4 is 4.90 Å². The topological polar surface area (TPSA) is 76.8 Å². The number of hydrogen-bond donors (Lipinski definition) is 0. The Morgan fingerprint density at radius 1 is 1.22 bits per heavy atom. The van der Waals surface area contributed by atoms with E-state index in [2.05, 4.69) is 15.5 Å². The molecule has 4 aromatic rings. The average molecular weight is 485 g/mol. The molecule has 0 spiro atoms. The molecule has 2 aromatic carbocycles. The fraction of sp³-hybridized carbons (Fsp3) is 0.227. The maximum Gasteiger partial charge on any atom is 0.230 e. The summed E-state index contributed by atoms with van der Waals surface area (Å²) >= 11 is 9.41. The van der Waals surface area contributed by atoms with E-state index in [1.807, 2.05) is 61.7 Å². The Morgan fingerprint density at radius 3 is 2.72 bits per heavy atom. The van der Waals surface area contributed by atoms with E-state index in [0.29, 0.717) is 33.3 Å². The van der Waals surface area contributed by atoms with Gasteiger partial charge in [0.2, 0.25) is 11.1 Å². The second kappa shape index (κ2) is 9.81. The summed E-state index contributed by atoms with van der Waals surface area (Å²) in [6.07, 6.45) is 0. The number of amides is 1. The van der Waals surface area contributed by atoms with Crippen LogP contribution >= 0.6 is 34.7 Å². The molecule has 0 unspecified atom stereocenters. The number of aryl methyl sites for hydroxylation is 2. The summed E-state index contributed by atoms with van der Waals surface area (Å²) in [4.78, 5) is 18.8. The van der Waals surface area contributed by atoms with Crippen molar-refractivity contribution >= 4 is 51.4 Å². The monoisotopic (exact) mass is 484 g/mol. The lowest BCUT2D eigenvalue weighted by molar-refractivity contribution is -0.115. The van der Waals surface area contributed by atoms with Gasteiger partial charge in [-0.1, -0.05) is 59.8 Å². The number of tetrazole rings is 1. The molecule has 2 heterocycles. The van der Waals surface area contributed by atoms with Crippen LogP contribution in [0.2, 0.25) is 5.02 Å². The molecule has 2 aromatic heterocycles. The highest BCUT2D eigenvalue weighted by Crippen LogP contribution is 2.38. The summed E-state index contributed by atoms with van der Waals surface area (Å²) in [7, 11) is 0. The summed E-state index contributed by atoms with van der Waals surface area (Å²) in [5.41, 5.74) is 4.61. The summed E-state index contributed by atoms with van der Waals surface area (Å²) in [5, 5.41) is 15.8. The van der Waals surface area contributed by atoms with Crippen molar-refractivity contribution in [3.05, 3.63) is 75.3 Å². The zero-order valence-electron chi connectivity index (χ0n) is 17.8. The molecule has 0 aliphatic heterocycles. The quantitative estimate of drug-likeness (QED) is 0.326. The third-order valence-corrected chi connectivity index (χ3v) is 6.84. The highest BCUT2D eigenvalue weighted by Gasteiger charge is 2.23. The predicted octanol–water partition coefficient (Wildman–Crippen LogP) is 5.43. The van der Waals surface area contributed by atoms with Crippen molar-refractivity contribution in [3.63, 3.8) is 0 Å². The molecule has 0 saturated heterocycles. The molecule has 164 valence electrons. The Hall–Kier alpha value is -2.75. The van der Waals surface area contributed by atoms with Crippen LogP contribution in [0.1, 0.15) is 29.3 Å². The lowest BCUT2D eigenvalue weighted by Gasteiger charge is -2.22. The average Bonchev–Trinajstić information content (AvgIpc) is 3.39. The Kier molecular flexibility index (Phi) is 6.88. The molecule has 0 aliphatic carbocycles. The number of nitrogens with zero attached hydrogens (tertiary/aromatic N) is 6. The van der Waals surface area contributed by atoms with Gasteiger partial charge in [-0.05, 0) is 47.0 Å². The number of aromatic nitrogens is 5. The number of thiazole rings is 1. The largest absolute Gasteiger partial charge is 0.274 e. The first-order chi connectivity index (χ1) is 15.4. The summed E-state index contributed by atoms with van der Waals surface area (Å²) in [5.74, 6) is 0.442. The maximum atomic E-state index is 12.5. The van der Waals surface area contributed by atoms with Gasteiger partial charge in [0, 0.05) is 18.1 Å². The van der Waals surface area contributed by atoms with Crippen molar-refractivity contribution in [2.45, 2.75) is 38.2 Å². The van der Waals surface area contributed by atoms with Crippen LogP contribution in [0.4, 0.5) is 10.8 Å². The number of carbonyl (C=O) groups excluding carboxylic acids is 1. The van der Waals surface area contributed by atoms with Gasteiger partial charge in [0.25, 0.3) is 0 Å². The standard InChI is InChI=1S/C22H21ClN6OS2/c1-14-9-15(2)20(19(23)10-14)29(16(3)30)21-24-18(12-31-21)13-32-22-25-26-27-28(22)11-17-7-5-4-6-8-17/h4-10,12H,11,13H2,1-3H3. The van der Waals surface area contributed by atoms with E-state index in [0.717, 1.165) is 22.4 Å². The smallest absolute Gasteiger partial charge is 0.230 e. The number of hydrogen-bond acceptors (Lipinski definition) is 7. The first-order valence-electron chi connectivity index (χ1n) is 9.87. The second-order valence-electron chi connectivity index (χ2n) is 7.28. The van der Waals surface area contributed by atoms with Crippen LogP contribution in [0, 0.1) is 13.8 Å². The first-order valence-corrected chi connectivity index (χ1v) is 12.1.